The largest absolute Gasteiger partial charge is 0.493 e. The first-order valence-electron chi connectivity index (χ1n) is 8.42. The van der Waals surface area contributed by atoms with Gasteiger partial charge in [0, 0.05) is 16.6 Å². The Hall–Kier alpha value is -1.72. The zero-order valence-electron chi connectivity index (χ0n) is 15.3. The fourth-order valence-electron chi connectivity index (χ4n) is 2.64. The van der Waals surface area contributed by atoms with E-state index < -0.39 is 0 Å². The molecule has 0 bridgehead atoms. The van der Waals surface area contributed by atoms with E-state index in [2.05, 4.69) is 41.2 Å². The second kappa shape index (κ2) is 9.68. The molecule has 0 aliphatic rings. The van der Waals surface area contributed by atoms with Gasteiger partial charge in [0.1, 0.15) is 19.0 Å². The van der Waals surface area contributed by atoms with Gasteiger partial charge in [0.25, 0.3) is 0 Å². The molecule has 5 heteroatoms. The monoisotopic (exact) mass is 407 g/mol. The van der Waals surface area contributed by atoms with E-state index in [1.807, 2.05) is 37.4 Å². The van der Waals surface area contributed by atoms with Crippen LogP contribution in [0.2, 0.25) is 0 Å². The number of methoxy groups -OCH3 is 1. The highest BCUT2D eigenvalue weighted by atomic mass is 79.9. The SMILES string of the molecule is CNCc1cc(Br)cc(OC)c1OCCOc1ccccc1C(C)C. The summed E-state index contributed by atoms with van der Waals surface area (Å²) < 4.78 is 18.3. The molecule has 0 aliphatic heterocycles. The number of halogens is 1. The van der Waals surface area contributed by atoms with E-state index in [4.69, 9.17) is 14.2 Å². The molecule has 0 amide bonds. The van der Waals surface area contributed by atoms with Crippen LogP contribution < -0.4 is 19.5 Å². The lowest BCUT2D eigenvalue weighted by atomic mass is 10.0. The van der Waals surface area contributed by atoms with Crippen LogP contribution in [0.25, 0.3) is 0 Å². The van der Waals surface area contributed by atoms with Crippen molar-refractivity contribution < 1.29 is 14.2 Å². The Morgan fingerprint density at radius 3 is 2.44 bits per heavy atom. The number of ether oxygens (including phenoxy) is 3. The van der Waals surface area contributed by atoms with E-state index in [0.717, 1.165) is 21.5 Å². The van der Waals surface area contributed by atoms with Crippen LogP contribution in [0, 0.1) is 0 Å². The first kappa shape index (κ1) is 19.6. The number of nitrogens with one attached hydrogen (secondary N) is 1. The second-order valence-electron chi connectivity index (χ2n) is 6.02. The molecule has 25 heavy (non-hydrogen) atoms. The number of para-hydroxylation sites is 1. The molecule has 0 saturated carbocycles. The molecule has 2 aromatic carbocycles. The van der Waals surface area contributed by atoms with Gasteiger partial charge >= 0.3 is 0 Å². The number of hydrogen-bond acceptors (Lipinski definition) is 4. The summed E-state index contributed by atoms with van der Waals surface area (Å²) in [6.07, 6.45) is 0. The molecule has 0 radical (unpaired) electrons. The van der Waals surface area contributed by atoms with E-state index in [1.54, 1.807) is 7.11 Å². The molecule has 4 nitrogen and oxygen atoms in total. The van der Waals surface area contributed by atoms with Crippen LogP contribution in [-0.4, -0.2) is 27.4 Å². The molecule has 2 rings (SSSR count). The molecule has 0 aliphatic carbocycles. The summed E-state index contributed by atoms with van der Waals surface area (Å²) in [4.78, 5) is 0. The highest BCUT2D eigenvalue weighted by molar-refractivity contribution is 9.10. The van der Waals surface area contributed by atoms with Crippen molar-refractivity contribution in [2.75, 3.05) is 27.4 Å². The average Bonchev–Trinajstić information content (AvgIpc) is 2.60. The van der Waals surface area contributed by atoms with Gasteiger partial charge in [-0.05, 0) is 36.7 Å². The molecule has 0 atom stereocenters. The van der Waals surface area contributed by atoms with Gasteiger partial charge in [-0.2, -0.15) is 0 Å². The fraction of sp³-hybridized carbons (Fsp3) is 0.400. The van der Waals surface area contributed by atoms with E-state index in [-0.39, 0.29) is 0 Å². The van der Waals surface area contributed by atoms with Crippen molar-refractivity contribution in [3.8, 4) is 17.2 Å². The van der Waals surface area contributed by atoms with Gasteiger partial charge < -0.3 is 19.5 Å². The van der Waals surface area contributed by atoms with Gasteiger partial charge in [0.05, 0.1) is 7.11 Å². The number of rotatable bonds is 9. The first-order valence-corrected chi connectivity index (χ1v) is 9.21. The maximum absolute atomic E-state index is 5.98. The third-order valence-electron chi connectivity index (χ3n) is 3.81. The molecule has 2 aromatic rings. The van der Waals surface area contributed by atoms with E-state index in [9.17, 15) is 0 Å². The van der Waals surface area contributed by atoms with Crippen molar-refractivity contribution >= 4 is 15.9 Å². The van der Waals surface area contributed by atoms with Gasteiger partial charge in [0.2, 0.25) is 0 Å². The lowest BCUT2D eigenvalue weighted by molar-refractivity contribution is 0.208. The van der Waals surface area contributed by atoms with Gasteiger partial charge in [-0.3, -0.25) is 0 Å². The molecular formula is C20H26BrNO3. The fourth-order valence-corrected chi connectivity index (χ4v) is 3.13. The molecule has 0 unspecified atom stereocenters. The summed E-state index contributed by atoms with van der Waals surface area (Å²) in [5.41, 5.74) is 2.25. The maximum atomic E-state index is 5.98. The molecule has 0 heterocycles. The van der Waals surface area contributed by atoms with Gasteiger partial charge in [0.15, 0.2) is 11.5 Å². The van der Waals surface area contributed by atoms with Crippen molar-refractivity contribution in [2.24, 2.45) is 0 Å². The molecule has 0 aromatic heterocycles. The third kappa shape index (κ3) is 5.38. The van der Waals surface area contributed by atoms with Crippen molar-refractivity contribution in [3.05, 3.63) is 52.0 Å². The molecule has 1 N–H and O–H groups in total. The quantitative estimate of drug-likeness (QED) is 0.608. The third-order valence-corrected chi connectivity index (χ3v) is 4.27. The molecular weight excluding hydrogens is 382 g/mol. The zero-order chi connectivity index (χ0) is 18.2. The molecule has 0 fully saturated rings. The Bertz CT molecular complexity index is 689. The lowest BCUT2D eigenvalue weighted by Gasteiger charge is -2.17. The normalized spacial score (nSPS) is 10.8. The second-order valence-corrected chi connectivity index (χ2v) is 6.93. The van der Waals surface area contributed by atoms with Crippen molar-refractivity contribution in [3.63, 3.8) is 0 Å². The highest BCUT2D eigenvalue weighted by Gasteiger charge is 2.13. The standard InChI is InChI=1S/C20H26BrNO3/c1-14(2)17-7-5-6-8-18(17)24-9-10-25-20-15(13-22-3)11-16(21)12-19(20)23-4/h5-8,11-12,14,22H,9-10,13H2,1-4H3. The highest BCUT2D eigenvalue weighted by Crippen LogP contribution is 2.35. The van der Waals surface area contributed by atoms with Crippen LogP contribution in [0.5, 0.6) is 17.2 Å². The van der Waals surface area contributed by atoms with Gasteiger partial charge in [-0.15, -0.1) is 0 Å². The van der Waals surface area contributed by atoms with Crippen LogP contribution in [0.1, 0.15) is 30.9 Å². The predicted octanol–water partition coefficient (Wildman–Crippen LogP) is 4.76. The Labute approximate surface area is 158 Å². The minimum absolute atomic E-state index is 0.422. The van der Waals surface area contributed by atoms with Crippen LogP contribution in [0.15, 0.2) is 40.9 Å². The topological polar surface area (TPSA) is 39.7 Å². The minimum atomic E-state index is 0.422. The molecule has 0 spiro atoms. The van der Waals surface area contributed by atoms with E-state index in [1.165, 1.54) is 5.56 Å². The van der Waals surface area contributed by atoms with Crippen molar-refractivity contribution in [1.29, 1.82) is 0 Å². The smallest absolute Gasteiger partial charge is 0.165 e. The van der Waals surface area contributed by atoms with Crippen molar-refractivity contribution in [2.45, 2.75) is 26.3 Å². The number of hydrogen-bond donors (Lipinski definition) is 1. The summed E-state index contributed by atoms with van der Waals surface area (Å²) in [5.74, 6) is 2.80. The Kier molecular flexibility index (Phi) is 7.59. The Morgan fingerprint density at radius 1 is 1.04 bits per heavy atom. The maximum Gasteiger partial charge on any atom is 0.165 e. The Balaban J connectivity index is 2.02. The molecule has 0 saturated heterocycles. The number of benzene rings is 2. The van der Waals surface area contributed by atoms with Crippen LogP contribution in [0.4, 0.5) is 0 Å². The summed E-state index contributed by atoms with van der Waals surface area (Å²) in [5, 5.41) is 3.15. The van der Waals surface area contributed by atoms with Crippen LogP contribution in [0.3, 0.4) is 0 Å². The predicted molar refractivity (Wildman–Crippen MR) is 105 cm³/mol. The Morgan fingerprint density at radius 2 is 1.76 bits per heavy atom. The summed E-state index contributed by atoms with van der Waals surface area (Å²) in [6, 6.07) is 12.1. The van der Waals surface area contributed by atoms with Gasteiger partial charge in [-0.1, -0.05) is 48.0 Å². The average molecular weight is 408 g/mol. The lowest BCUT2D eigenvalue weighted by Crippen LogP contribution is -2.13. The summed E-state index contributed by atoms with van der Waals surface area (Å²) >= 11 is 3.50. The van der Waals surface area contributed by atoms with Crippen molar-refractivity contribution in [1.82, 2.24) is 5.32 Å². The minimum Gasteiger partial charge on any atom is -0.493 e. The summed E-state index contributed by atoms with van der Waals surface area (Å²) in [6.45, 7) is 5.94. The van der Waals surface area contributed by atoms with E-state index >= 15 is 0 Å². The van der Waals surface area contributed by atoms with Gasteiger partial charge in [-0.25, -0.2) is 0 Å². The van der Waals surface area contributed by atoms with E-state index in [0.29, 0.717) is 31.4 Å². The summed E-state index contributed by atoms with van der Waals surface area (Å²) in [7, 11) is 3.55. The van der Waals surface area contributed by atoms with Crippen LogP contribution >= 0.6 is 15.9 Å². The van der Waals surface area contributed by atoms with Crippen LogP contribution in [-0.2, 0) is 6.54 Å². The molecule has 136 valence electrons. The first-order chi connectivity index (χ1) is 12.1. The zero-order valence-corrected chi connectivity index (χ0v) is 16.9.